The zero-order valence-electron chi connectivity index (χ0n) is 26.2. The zero-order valence-corrected chi connectivity index (χ0v) is 26.2. The van der Waals surface area contributed by atoms with Crippen LogP contribution in [-0.2, 0) is 28.7 Å². The number of hydrogen-bond donors (Lipinski definition) is 2. The fraction of sp³-hybridized carbons (Fsp3) is 0.625. The lowest BCUT2D eigenvalue weighted by atomic mass is 9.86. The first-order valence-corrected chi connectivity index (χ1v) is 15.5. The van der Waals surface area contributed by atoms with Crippen molar-refractivity contribution >= 4 is 11.5 Å². The number of anilines is 2. The van der Waals surface area contributed by atoms with Gasteiger partial charge in [-0.3, -0.25) is 4.90 Å². The molecule has 3 saturated heterocycles. The lowest BCUT2D eigenvalue weighted by Crippen LogP contribution is -2.52. The Hall–Kier alpha value is -3.07. The number of halogens is 5. The number of methoxy groups -OCH3 is 1. The highest BCUT2D eigenvalue weighted by molar-refractivity contribution is 5.54. The number of ether oxygens (including phenoxy) is 3. The molecule has 1 aromatic heterocycles. The fourth-order valence-electron chi connectivity index (χ4n) is 7.95. The molecule has 14 heteroatoms. The fourth-order valence-corrected chi connectivity index (χ4v) is 7.95. The molecule has 0 saturated carbocycles. The number of nitrogens with zero attached hydrogens (tertiary/aromatic N) is 4. The summed E-state index contributed by atoms with van der Waals surface area (Å²) < 4.78 is 87.5. The third-order valence-corrected chi connectivity index (χ3v) is 9.72. The number of rotatable bonds is 7. The minimum Gasteiger partial charge on any atom is -0.461 e. The molecule has 4 aliphatic rings. The normalized spacial score (nSPS) is 28.4. The Morgan fingerprint density at radius 1 is 1.24 bits per heavy atom. The molecule has 0 amide bonds. The van der Waals surface area contributed by atoms with Gasteiger partial charge in [0.15, 0.2) is 0 Å². The van der Waals surface area contributed by atoms with E-state index in [-0.39, 0.29) is 73.5 Å². The van der Waals surface area contributed by atoms with Gasteiger partial charge in [-0.25, -0.2) is 0 Å². The summed E-state index contributed by atoms with van der Waals surface area (Å²) in [5.74, 6) is 0.442. The summed E-state index contributed by atoms with van der Waals surface area (Å²) in [6.07, 6.45) is -5.05. The maximum Gasteiger partial charge on any atom is 0.417 e. The average Bonchev–Trinajstić information content (AvgIpc) is 3.51. The van der Waals surface area contributed by atoms with Crippen molar-refractivity contribution in [2.45, 2.75) is 76.0 Å². The number of nitrogens with two attached hydrogens (primary N) is 1. The van der Waals surface area contributed by atoms with E-state index in [1.54, 1.807) is 14.0 Å². The SMILES string of the molecule is COC[C@H]1CN(c2nc(OC[C@@]34CCCN3CC(=C(F)F)C4)nc3c2CO[C@H](c2cc(N)cc(C)c2C(F)(F)F)C3)C[C@](C)(O)C1. The molecule has 4 atom stereocenters. The molecule has 0 bridgehead atoms. The molecule has 3 N–H and O–H groups in total. The average molecular weight is 654 g/mol. The molecule has 1 aromatic carbocycles. The van der Waals surface area contributed by atoms with Crippen LogP contribution in [-0.4, -0.2) is 77.6 Å². The molecule has 46 heavy (non-hydrogen) atoms. The standard InChI is InChI=1S/C32H40F5N5O4/c1-18-7-21(38)8-22(26(18)32(35,36)37)25-9-24-23(15-45-25)28(41-12-19(14-44-3)10-30(2,43)16-41)40-29(39-24)46-17-31-5-4-6-42(31)13-20(11-31)27(33)34/h7-8,19,25,43H,4-6,9-17,38H2,1-3H3/t19-,25+,30-,31+/m1/s1. The number of nitrogen functional groups attached to an aromatic ring is 1. The number of aryl methyl sites for hydroxylation is 1. The van der Waals surface area contributed by atoms with Crippen molar-refractivity contribution in [3.05, 3.63) is 51.7 Å². The number of piperidine rings is 1. The summed E-state index contributed by atoms with van der Waals surface area (Å²) in [6.45, 7) is 5.15. The summed E-state index contributed by atoms with van der Waals surface area (Å²) in [7, 11) is 1.59. The second-order valence-electron chi connectivity index (χ2n) is 13.5. The highest BCUT2D eigenvalue weighted by atomic mass is 19.4. The van der Waals surface area contributed by atoms with Gasteiger partial charge in [0.05, 0.1) is 41.7 Å². The number of β-amino-alcohol motifs (C(OH)–C–C–N with tert-alkyl or cyclic N) is 1. The van der Waals surface area contributed by atoms with Gasteiger partial charge in [0.1, 0.15) is 12.4 Å². The minimum absolute atomic E-state index is 0.000832. The van der Waals surface area contributed by atoms with Crippen LogP contribution in [0.5, 0.6) is 6.01 Å². The molecule has 4 aliphatic heterocycles. The van der Waals surface area contributed by atoms with Gasteiger partial charge in [-0.2, -0.15) is 31.9 Å². The summed E-state index contributed by atoms with van der Waals surface area (Å²) in [5, 5.41) is 11.2. The molecule has 9 nitrogen and oxygen atoms in total. The van der Waals surface area contributed by atoms with Crippen molar-refractivity contribution < 1.29 is 41.3 Å². The van der Waals surface area contributed by atoms with Crippen LogP contribution >= 0.6 is 0 Å². The number of fused-ring (bicyclic) bond motifs is 2. The molecule has 5 heterocycles. The maximum absolute atomic E-state index is 14.2. The van der Waals surface area contributed by atoms with Gasteiger partial charge >= 0.3 is 12.2 Å². The first-order chi connectivity index (χ1) is 21.7. The van der Waals surface area contributed by atoms with Crippen molar-refractivity contribution in [3.63, 3.8) is 0 Å². The van der Waals surface area contributed by atoms with Crippen LogP contribution in [0.1, 0.15) is 66.7 Å². The molecule has 2 aromatic rings. The maximum atomic E-state index is 14.2. The van der Waals surface area contributed by atoms with Crippen LogP contribution in [0.4, 0.5) is 33.5 Å². The van der Waals surface area contributed by atoms with Gasteiger partial charge in [-0.1, -0.05) is 0 Å². The predicted molar refractivity (Wildman–Crippen MR) is 160 cm³/mol. The van der Waals surface area contributed by atoms with Crippen molar-refractivity contribution in [2.75, 3.05) is 57.1 Å². The summed E-state index contributed by atoms with van der Waals surface area (Å²) in [6, 6.07) is 2.59. The van der Waals surface area contributed by atoms with Crippen LogP contribution in [0.25, 0.3) is 0 Å². The van der Waals surface area contributed by atoms with Crippen molar-refractivity contribution in [2.24, 2.45) is 5.92 Å². The Morgan fingerprint density at radius 2 is 2.02 bits per heavy atom. The van der Waals surface area contributed by atoms with Gasteiger partial charge in [0.25, 0.3) is 6.08 Å². The lowest BCUT2D eigenvalue weighted by molar-refractivity contribution is -0.140. The number of benzene rings is 1. The largest absolute Gasteiger partial charge is 0.461 e. The molecular weight excluding hydrogens is 613 g/mol. The Balaban J connectivity index is 1.37. The van der Waals surface area contributed by atoms with E-state index in [9.17, 15) is 27.1 Å². The van der Waals surface area contributed by atoms with Gasteiger partial charge in [0.2, 0.25) is 0 Å². The Labute approximate surface area is 264 Å². The van der Waals surface area contributed by atoms with Crippen LogP contribution in [0.3, 0.4) is 0 Å². The third kappa shape index (κ3) is 6.41. The van der Waals surface area contributed by atoms with E-state index >= 15 is 0 Å². The quantitative estimate of drug-likeness (QED) is 0.309. The van der Waals surface area contributed by atoms with Crippen LogP contribution in [0.2, 0.25) is 0 Å². The smallest absolute Gasteiger partial charge is 0.417 e. The second kappa shape index (κ2) is 12.2. The van der Waals surface area contributed by atoms with E-state index in [1.807, 2.05) is 9.80 Å². The molecule has 6 rings (SSSR count). The first-order valence-electron chi connectivity index (χ1n) is 15.5. The Bertz CT molecular complexity index is 1510. The Morgan fingerprint density at radius 3 is 2.74 bits per heavy atom. The van der Waals surface area contributed by atoms with E-state index in [0.29, 0.717) is 49.6 Å². The monoisotopic (exact) mass is 653 g/mol. The Kier molecular flexibility index (Phi) is 8.70. The van der Waals surface area contributed by atoms with Crippen molar-refractivity contribution in [3.8, 4) is 6.01 Å². The number of aromatic nitrogens is 2. The zero-order chi connectivity index (χ0) is 33.0. The van der Waals surface area contributed by atoms with Gasteiger partial charge in [0, 0.05) is 55.9 Å². The molecule has 0 aliphatic carbocycles. The highest BCUT2D eigenvalue weighted by Crippen LogP contribution is 2.45. The predicted octanol–water partition coefficient (Wildman–Crippen LogP) is 5.19. The first kappa shape index (κ1) is 32.9. The van der Waals surface area contributed by atoms with Crippen LogP contribution in [0, 0.1) is 12.8 Å². The summed E-state index contributed by atoms with van der Waals surface area (Å²) >= 11 is 0. The van der Waals surface area contributed by atoms with E-state index < -0.39 is 35.1 Å². The van der Waals surface area contributed by atoms with E-state index in [2.05, 4.69) is 4.98 Å². The summed E-state index contributed by atoms with van der Waals surface area (Å²) in [5.41, 5.74) is 4.80. The van der Waals surface area contributed by atoms with Crippen molar-refractivity contribution in [1.29, 1.82) is 0 Å². The minimum atomic E-state index is -4.63. The van der Waals surface area contributed by atoms with Crippen LogP contribution < -0.4 is 15.4 Å². The number of alkyl halides is 3. The highest BCUT2D eigenvalue weighted by Gasteiger charge is 2.48. The van der Waals surface area contributed by atoms with E-state index in [4.69, 9.17) is 24.9 Å². The van der Waals surface area contributed by atoms with Gasteiger partial charge < -0.3 is 30.0 Å². The number of aliphatic hydroxyl groups is 1. The molecular formula is C32H40F5N5O4. The van der Waals surface area contributed by atoms with E-state index in [0.717, 1.165) is 6.42 Å². The van der Waals surface area contributed by atoms with Gasteiger partial charge in [-0.15, -0.1) is 0 Å². The van der Waals surface area contributed by atoms with E-state index in [1.165, 1.54) is 19.1 Å². The third-order valence-electron chi connectivity index (χ3n) is 9.72. The lowest BCUT2D eigenvalue weighted by Gasteiger charge is -2.43. The molecule has 0 radical (unpaired) electrons. The van der Waals surface area contributed by atoms with Gasteiger partial charge in [-0.05, 0) is 69.3 Å². The molecule has 3 fully saturated rings. The molecule has 0 unspecified atom stereocenters. The second-order valence-corrected chi connectivity index (χ2v) is 13.5. The molecule has 252 valence electrons. The molecule has 0 spiro atoms. The summed E-state index contributed by atoms with van der Waals surface area (Å²) in [4.78, 5) is 13.4. The van der Waals surface area contributed by atoms with Crippen LogP contribution in [0.15, 0.2) is 23.8 Å². The number of hydrogen-bond acceptors (Lipinski definition) is 9. The topological polar surface area (TPSA) is 106 Å². The van der Waals surface area contributed by atoms with Crippen molar-refractivity contribution in [1.82, 2.24) is 14.9 Å².